The van der Waals surface area contributed by atoms with Crippen LogP contribution >= 0.6 is 0 Å². The molecule has 0 aliphatic carbocycles. The van der Waals surface area contributed by atoms with E-state index < -0.39 is 11.7 Å². The Balaban J connectivity index is 1.82. The van der Waals surface area contributed by atoms with Crippen LogP contribution in [-0.4, -0.2) is 23.3 Å². The number of hydrogen-bond acceptors (Lipinski definition) is 3. The van der Waals surface area contributed by atoms with Crippen molar-refractivity contribution in [2.45, 2.75) is 12.8 Å². The highest BCUT2D eigenvalue weighted by molar-refractivity contribution is 5.99. The Kier molecular flexibility index (Phi) is 4.37. The molecule has 0 saturated carbocycles. The maximum absolute atomic E-state index is 14.3. The van der Waals surface area contributed by atoms with Crippen LogP contribution in [0.3, 0.4) is 0 Å². The first-order valence-electron chi connectivity index (χ1n) is 7.58. The Morgan fingerprint density at radius 1 is 1.33 bits per heavy atom. The van der Waals surface area contributed by atoms with Gasteiger partial charge in [0.1, 0.15) is 11.6 Å². The summed E-state index contributed by atoms with van der Waals surface area (Å²) in [4.78, 5) is 28.9. The highest BCUT2D eigenvalue weighted by Crippen LogP contribution is 2.27. The van der Waals surface area contributed by atoms with E-state index in [9.17, 15) is 14.0 Å². The summed E-state index contributed by atoms with van der Waals surface area (Å²) in [5, 5.41) is 2.51. The van der Waals surface area contributed by atoms with E-state index >= 15 is 0 Å². The minimum atomic E-state index is -0.469. The predicted octanol–water partition coefficient (Wildman–Crippen LogP) is 3.14. The van der Waals surface area contributed by atoms with Gasteiger partial charge in [-0.05, 0) is 42.8 Å². The number of anilines is 2. The van der Waals surface area contributed by atoms with Crippen molar-refractivity contribution in [3.63, 3.8) is 0 Å². The smallest absolute Gasteiger partial charge is 0.247 e. The average Bonchev–Trinajstić information content (AvgIpc) is 3.01. The molecule has 1 fully saturated rings. The van der Waals surface area contributed by atoms with E-state index in [0.717, 1.165) is 12.5 Å². The Labute approximate surface area is 138 Å². The highest BCUT2D eigenvalue weighted by Gasteiger charge is 2.22. The van der Waals surface area contributed by atoms with Crippen LogP contribution in [0.25, 0.3) is 11.1 Å². The van der Waals surface area contributed by atoms with E-state index in [-0.39, 0.29) is 5.91 Å². The molecule has 3 rings (SSSR count). The molecule has 1 aromatic heterocycles. The molecule has 122 valence electrons. The summed E-state index contributed by atoms with van der Waals surface area (Å²) in [6.45, 7) is 4.01. The van der Waals surface area contributed by atoms with Crippen molar-refractivity contribution in [3.05, 3.63) is 55.0 Å². The van der Waals surface area contributed by atoms with E-state index in [4.69, 9.17) is 0 Å². The molecule has 1 aromatic carbocycles. The lowest BCUT2D eigenvalue weighted by Crippen LogP contribution is -2.24. The van der Waals surface area contributed by atoms with Gasteiger partial charge in [-0.15, -0.1) is 0 Å². The number of carbonyl (C=O) groups is 2. The number of nitrogens with zero attached hydrogens (tertiary/aromatic N) is 2. The third kappa shape index (κ3) is 3.17. The lowest BCUT2D eigenvalue weighted by Gasteiger charge is -2.14. The summed E-state index contributed by atoms with van der Waals surface area (Å²) in [6, 6.07) is 7.87. The lowest BCUT2D eigenvalue weighted by atomic mass is 10.1. The van der Waals surface area contributed by atoms with Crippen LogP contribution in [0.2, 0.25) is 0 Å². The molecule has 2 heterocycles. The zero-order valence-corrected chi connectivity index (χ0v) is 13.0. The topological polar surface area (TPSA) is 62.3 Å². The van der Waals surface area contributed by atoms with Gasteiger partial charge < -0.3 is 5.32 Å². The fraction of sp³-hybridized carbons (Fsp3) is 0.167. The van der Waals surface area contributed by atoms with E-state index in [2.05, 4.69) is 16.9 Å². The SMILES string of the molecule is C=CC(=O)Nc1ccc(-c2ccc(N3CCCC3=O)nc2)c(F)c1. The third-order valence-electron chi connectivity index (χ3n) is 3.83. The first-order chi connectivity index (χ1) is 11.6. The van der Waals surface area contributed by atoms with Crippen LogP contribution in [0.4, 0.5) is 15.9 Å². The average molecular weight is 325 g/mol. The van der Waals surface area contributed by atoms with Gasteiger partial charge in [0, 0.05) is 36.0 Å². The van der Waals surface area contributed by atoms with Crippen LogP contribution in [0.15, 0.2) is 49.2 Å². The number of aromatic nitrogens is 1. The molecule has 1 aliphatic heterocycles. The number of hydrogen-bond donors (Lipinski definition) is 1. The van der Waals surface area contributed by atoms with Gasteiger partial charge in [-0.2, -0.15) is 0 Å². The first-order valence-corrected chi connectivity index (χ1v) is 7.58. The van der Waals surface area contributed by atoms with Gasteiger partial charge in [-0.1, -0.05) is 6.58 Å². The van der Waals surface area contributed by atoms with Crippen LogP contribution in [-0.2, 0) is 9.59 Å². The maximum Gasteiger partial charge on any atom is 0.247 e. The number of amides is 2. The largest absolute Gasteiger partial charge is 0.322 e. The molecule has 0 bridgehead atoms. The molecule has 5 nitrogen and oxygen atoms in total. The van der Waals surface area contributed by atoms with Crippen LogP contribution in [0, 0.1) is 5.82 Å². The minimum absolute atomic E-state index is 0.0590. The number of pyridine rings is 1. The molecule has 0 radical (unpaired) electrons. The maximum atomic E-state index is 14.3. The highest BCUT2D eigenvalue weighted by atomic mass is 19.1. The Bertz CT molecular complexity index is 802. The molecule has 1 saturated heterocycles. The number of halogens is 1. The number of nitrogens with one attached hydrogen (secondary N) is 1. The standard InChI is InChI=1S/C18H16FN3O2/c1-2-17(23)21-13-6-7-14(15(19)10-13)12-5-8-16(20-11-12)22-9-3-4-18(22)24/h2,5-8,10-11H,1,3-4,9H2,(H,21,23). The van der Waals surface area contributed by atoms with Gasteiger partial charge >= 0.3 is 0 Å². The summed E-state index contributed by atoms with van der Waals surface area (Å²) >= 11 is 0. The molecule has 2 aromatic rings. The molecular weight excluding hydrogens is 309 g/mol. The van der Waals surface area contributed by atoms with Gasteiger partial charge in [-0.3, -0.25) is 14.5 Å². The summed E-state index contributed by atoms with van der Waals surface area (Å²) in [7, 11) is 0. The van der Waals surface area contributed by atoms with Gasteiger partial charge in [-0.25, -0.2) is 9.37 Å². The van der Waals surface area contributed by atoms with E-state index in [0.29, 0.717) is 35.6 Å². The Hall–Kier alpha value is -3.02. The quantitative estimate of drug-likeness (QED) is 0.879. The summed E-state index contributed by atoms with van der Waals surface area (Å²) in [6.07, 6.45) is 4.03. The molecule has 6 heteroatoms. The number of rotatable bonds is 4. The molecular formula is C18H16FN3O2. The number of carbonyl (C=O) groups excluding carboxylic acids is 2. The van der Waals surface area contributed by atoms with Crippen molar-refractivity contribution in [1.29, 1.82) is 0 Å². The van der Waals surface area contributed by atoms with Crippen molar-refractivity contribution < 1.29 is 14.0 Å². The van der Waals surface area contributed by atoms with Crippen molar-refractivity contribution in [2.75, 3.05) is 16.8 Å². The monoisotopic (exact) mass is 325 g/mol. The predicted molar refractivity (Wildman–Crippen MR) is 90.0 cm³/mol. The Morgan fingerprint density at radius 3 is 2.75 bits per heavy atom. The molecule has 0 spiro atoms. The molecule has 1 aliphatic rings. The van der Waals surface area contributed by atoms with Crippen LogP contribution in [0.5, 0.6) is 0 Å². The second kappa shape index (κ2) is 6.62. The lowest BCUT2D eigenvalue weighted by molar-refractivity contribution is -0.117. The first kappa shape index (κ1) is 15.9. The summed E-state index contributed by atoms with van der Waals surface area (Å²) in [5.41, 5.74) is 1.33. The van der Waals surface area contributed by atoms with Crippen LogP contribution < -0.4 is 10.2 Å². The summed E-state index contributed by atoms with van der Waals surface area (Å²) in [5.74, 6) is -0.229. The summed E-state index contributed by atoms with van der Waals surface area (Å²) < 4.78 is 14.3. The fourth-order valence-electron chi connectivity index (χ4n) is 2.62. The van der Waals surface area contributed by atoms with Crippen molar-refractivity contribution in [2.24, 2.45) is 0 Å². The van der Waals surface area contributed by atoms with Gasteiger partial charge in [0.15, 0.2) is 0 Å². The molecule has 1 N–H and O–H groups in total. The molecule has 24 heavy (non-hydrogen) atoms. The van der Waals surface area contributed by atoms with Gasteiger partial charge in [0.25, 0.3) is 0 Å². The van der Waals surface area contributed by atoms with Crippen molar-refractivity contribution in [3.8, 4) is 11.1 Å². The fourth-order valence-corrected chi connectivity index (χ4v) is 2.62. The number of benzene rings is 1. The molecule has 0 atom stereocenters. The molecule has 2 amide bonds. The third-order valence-corrected chi connectivity index (χ3v) is 3.83. The van der Waals surface area contributed by atoms with Crippen LogP contribution in [0.1, 0.15) is 12.8 Å². The van der Waals surface area contributed by atoms with Crippen molar-refractivity contribution >= 4 is 23.3 Å². The Morgan fingerprint density at radius 2 is 2.17 bits per heavy atom. The second-order valence-corrected chi connectivity index (χ2v) is 5.44. The zero-order valence-electron chi connectivity index (χ0n) is 13.0. The van der Waals surface area contributed by atoms with Gasteiger partial charge in [0.2, 0.25) is 11.8 Å². The normalized spacial score (nSPS) is 13.9. The molecule has 0 unspecified atom stereocenters. The minimum Gasteiger partial charge on any atom is -0.322 e. The van der Waals surface area contributed by atoms with E-state index in [1.165, 1.54) is 6.07 Å². The van der Waals surface area contributed by atoms with Crippen molar-refractivity contribution in [1.82, 2.24) is 4.98 Å². The zero-order chi connectivity index (χ0) is 17.1. The second-order valence-electron chi connectivity index (χ2n) is 5.44. The van der Waals surface area contributed by atoms with E-state index in [1.807, 2.05) is 0 Å². The van der Waals surface area contributed by atoms with E-state index in [1.54, 1.807) is 35.4 Å². The van der Waals surface area contributed by atoms with Gasteiger partial charge in [0.05, 0.1) is 0 Å².